The molecule has 0 aliphatic heterocycles. The number of hydrogen-bond donors (Lipinski definition) is 1. The Hall–Kier alpha value is -3.34. The van der Waals surface area contributed by atoms with E-state index in [0.29, 0.717) is 11.4 Å². The fourth-order valence-corrected chi connectivity index (χ4v) is 3.19. The fraction of sp³-hybridized carbons (Fsp3) is 0.182. The van der Waals surface area contributed by atoms with E-state index in [2.05, 4.69) is 23.3 Å². The molecule has 0 unspecified atom stereocenters. The molecule has 2 aromatic heterocycles. The Labute approximate surface area is 157 Å². The number of anilines is 1. The van der Waals surface area contributed by atoms with Gasteiger partial charge in [-0.25, -0.2) is 0 Å². The Morgan fingerprint density at radius 1 is 1.19 bits per heavy atom. The highest BCUT2D eigenvalue weighted by Crippen LogP contribution is 2.28. The molecule has 0 fully saturated rings. The van der Waals surface area contributed by atoms with Gasteiger partial charge in [-0.2, -0.15) is 0 Å². The van der Waals surface area contributed by atoms with Gasteiger partial charge in [0.05, 0.1) is 24.5 Å². The van der Waals surface area contributed by atoms with Crippen LogP contribution in [0.5, 0.6) is 5.75 Å². The normalized spacial score (nSPS) is 11.1. The summed E-state index contributed by atoms with van der Waals surface area (Å²) in [5.74, 6) is 0.792. The van der Waals surface area contributed by atoms with Crippen LogP contribution in [-0.4, -0.2) is 18.0 Å². The second-order valence-corrected chi connectivity index (χ2v) is 6.48. The summed E-state index contributed by atoms with van der Waals surface area (Å²) < 4.78 is 11.0. The molecular formula is C22H20N2O3. The van der Waals surface area contributed by atoms with E-state index in [-0.39, 0.29) is 5.91 Å². The Balaban J connectivity index is 1.64. The molecule has 1 N–H and O–H groups in total. The molecule has 0 saturated heterocycles. The number of amides is 1. The molecule has 27 heavy (non-hydrogen) atoms. The highest BCUT2D eigenvalue weighted by molar-refractivity contribution is 6.07. The highest BCUT2D eigenvalue weighted by Gasteiger charge is 2.18. The summed E-state index contributed by atoms with van der Waals surface area (Å²) in [7, 11) is 1.62. The summed E-state index contributed by atoms with van der Waals surface area (Å²) in [5, 5.41) is 4.78. The van der Waals surface area contributed by atoms with Crippen molar-refractivity contribution in [1.82, 2.24) is 4.98 Å². The number of methoxy groups -OCH3 is 1. The maximum atomic E-state index is 12.7. The number of furan rings is 1. The molecule has 4 aromatic rings. The van der Waals surface area contributed by atoms with Gasteiger partial charge >= 0.3 is 0 Å². The number of carbonyl (C=O) groups excluding carboxylic acids is 1. The molecule has 0 bridgehead atoms. The Bertz CT molecular complexity index is 1160. The standard InChI is InChI=1S/C22H20N2O3/c1-4-14-5-8-20-18(9-14)13(2)21(27-20)22(25)24-16-10-15-6-7-17(26-3)11-19(15)23-12-16/h5-12H,4H2,1-3H3,(H,24,25). The molecule has 0 saturated carbocycles. The number of hydrogen-bond acceptors (Lipinski definition) is 4. The second-order valence-electron chi connectivity index (χ2n) is 6.48. The van der Waals surface area contributed by atoms with Crippen molar-refractivity contribution in [3.8, 4) is 5.75 Å². The van der Waals surface area contributed by atoms with E-state index in [1.165, 1.54) is 5.56 Å². The molecule has 4 rings (SSSR count). The fourth-order valence-electron chi connectivity index (χ4n) is 3.19. The van der Waals surface area contributed by atoms with E-state index in [1.54, 1.807) is 13.3 Å². The number of benzene rings is 2. The molecule has 2 heterocycles. The lowest BCUT2D eigenvalue weighted by molar-refractivity contribution is 0.0998. The zero-order valence-corrected chi connectivity index (χ0v) is 15.5. The van der Waals surface area contributed by atoms with Gasteiger partial charge in [0.15, 0.2) is 5.76 Å². The molecule has 0 atom stereocenters. The third kappa shape index (κ3) is 3.12. The van der Waals surface area contributed by atoms with E-state index in [1.807, 2.05) is 43.3 Å². The van der Waals surface area contributed by atoms with Crippen molar-refractivity contribution < 1.29 is 13.9 Å². The van der Waals surface area contributed by atoms with E-state index >= 15 is 0 Å². The van der Waals surface area contributed by atoms with Gasteiger partial charge in [-0.1, -0.05) is 13.0 Å². The maximum absolute atomic E-state index is 12.7. The van der Waals surface area contributed by atoms with Crippen LogP contribution < -0.4 is 10.1 Å². The molecule has 2 aromatic carbocycles. The van der Waals surface area contributed by atoms with Gasteiger partial charge < -0.3 is 14.5 Å². The molecule has 0 spiro atoms. The number of ether oxygens (including phenoxy) is 1. The molecule has 0 aliphatic carbocycles. The first-order valence-corrected chi connectivity index (χ1v) is 8.86. The van der Waals surface area contributed by atoms with Crippen LogP contribution in [0.2, 0.25) is 0 Å². The summed E-state index contributed by atoms with van der Waals surface area (Å²) in [5.41, 5.74) is 4.20. The van der Waals surface area contributed by atoms with Gasteiger partial charge in [-0.15, -0.1) is 0 Å². The van der Waals surface area contributed by atoms with E-state index in [0.717, 1.165) is 39.6 Å². The van der Waals surface area contributed by atoms with E-state index in [4.69, 9.17) is 9.15 Å². The first-order valence-electron chi connectivity index (χ1n) is 8.86. The van der Waals surface area contributed by atoms with Crippen molar-refractivity contribution in [1.29, 1.82) is 0 Å². The second kappa shape index (κ2) is 6.76. The van der Waals surface area contributed by atoms with Crippen molar-refractivity contribution in [3.05, 3.63) is 65.5 Å². The van der Waals surface area contributed by atoms with Gasteiger partial charge in [0, 0.05) is 22.4 Å². The lowest BCUT2D eigenvalue weighted by atomic mass is 10.1. The Morgan fingerprint density at radius 2 is 2.04 bits per heavy atom. The van der Waals surface area contributed by atoms with Gasteiger partial charge in [-0.05, 0) is 49.2 Å². The number of aryl methyl sites for hydroxylation is 2. The number of rotatable bonds is 4. The van der Waals surface area contributed by atoms with Crippen LogP contribution in [-0.2, 0) is 6.42 Å². The average Bonchev–Trinajstić information content (AvgIpc) is 3.03. The zero-order valence-electron chi connectivity index (χ0n) is 15.5. The van der Waals surface area contributed by atoms with Gasteiger partial charge in [0.1, 0.15) is 11.3 Å². The first-order chi connectivity index (χ1) is 13.1. The van der Waals surface area contributed by atoms with E-state index < -0.39 is 0 Å². The Kier molecular flexibility index (Phi) is 4.28. The third-order valence-corrected chi connectivity index (χ3v) is 4.76. The van der Waals surface area contributed by atoms with Crippen molar-refractivity contribution in [2.24, 2.45) is 0 Å². The van der Waals surface area contributed by atoms with Crippen molar-refractivity contribution >= 4 is 33.5 Å². The Morgan fingerprint density at radius 3 is 2.81 bits per heavy atom. The smallest absolute Gasteiger partial charge is 0.291 e. The molecule has 0 aliphatic rings. The van der Waals surface area contributed by atoms with Crippen LogP contribution in [0.15, 0.2) is 53.1 Å². The quantitative estimate of drug-likeness (QED) is 0.549. The first kappa shape index (κ1) is 17.1. The number of aromatic nitrogens is 1. The molecule has 136 valence electrons. The molecule has 0 radical (unpaired) electrons. The summed E-state index contributed by atoms with van der Waals surface area (Å²) >= 11 is 0. The zero-order chi connectivity index (χ0) is 19.0. The summed E-state index contributed by atoms with van der Waals surface area (Å²) in [6.07, 6.45) is 2.57. The SMILES string of the molecule is CCc1ccc2oc(C(=O)Nc3cnc4cc(OC)ccc4c3)c(C)c2c1. The van der Waals surface area contributed by atoms with Gasteiger partial charge in [0.25, 0.3) is 5.91 Å². The summed E-state index contributed by atoms with van der Waals surface area (Å²) in [6.45, 7) is 4.01. The van der Waals surface area contributed by atoms with Crippen LogP contribution in [0.3, 0.4) is 0 Å². The molecule has 1 amide bonds. The number of nitrogens with one attached hydrogen (secondary N) is 1. The number of nitrogens with zero attached hydrogens (tertiary/aromatic N) is 1. The topological polar surface area (TPSA) is 64.4 Å². The maximum Gasteiger partial charge on any atom is 0.291 e. The largest absolute Gasteiger partial charge is 0.497 e. The minimum Gasteiger partial charge on any atom is -0.497 e. The third-order valence-electron chi connectivity index (χ3n) is 4.76. The predicted molar refractivity (Wildman–Crippen MR) is 107 cm³/mol. The van der Waals surface area contributed by atoms with Crippen molar-refractivity contribution in [3.63, 3.8) is 0 Å². The number of carbonyl (C=O) groups is 1. The molecular weight excluding hydrogens is 340 g/mol. The van der Waals surface area contributed by atoms with Gasteiger partial charge in [0.2, 0.25) is 0 Å². The summed E-state index contributed by atoms with van der Waals surface area (Å²) in [4.78, 5) is 17.1. The molecule has 5 heteroatoms. The summed E-state index contributed by atoms with van der Waals surface area (Å²) in [6, 6.07) is 13.5. The number of pyridine rings is 1. The average molecular weight is 360 g/mol. The lowest BCUT2D eigenvalue weighted by Gasteiger charge is -2.06. The highest BCUT2D eigenvalue weighted by atomic mass is 16.5. The van der Waals surface area contributed by atoms with Crippen LogP contribution in [0.25, 0.3) is 21.9 Å². The minimum atomic E-state index is -0.281. The lowest BCUT2D eigenvalue weighted by Crippen LogP contribution is -2.12. The monoisotopic (exact) mass is 360 g/mol. The number of fused-ring (bicyclic) bond motifs is 2. The van der Waals surface area contributed by atoms with Gasteiger partial charge in [-0.3, -0.25) is 9.78 Å². The predicted octanol–water partition coefficient (Wildman–Crippen LogP) is 5.11. The van der Waals surface area contributed by atoms with Crippen LogP contribution in [0, 0.1) is 6.92 Å². The minimum absolute atomic E-state index is 0.281. The van der Waals surface area contributed by atoms with Crippen LogP contribution in [0.1, 0.15) is 28.6 Å². The van der Waals surface area contributed by atoms with E-state index in [9.17, 15) is 4.79 Å². The van der Waals surface area contributed by atoms with Crippen molar-refractivity contribution in [2.45, 2.75) is 20.3 Å². The molecule has 5 nitrogen and oxygen atoms in total. The van der Waals surface area contributed by atoms with Crippen LogP contribution in [0.4, 0.5) is 5.69 Å². The van der Waals surface area contributed by atoms with Crippen LogP contribution >= 0.6 is 0 Å². The van der Waals surface area contributed by atoms with Crippen molar-refractivity contribution in [2.75, 3.05) is 12.4 Å².